The van der Waals surface area contributed by atoms with E-state index in [0.29, 0.717) is 11.3 Å². The molecule has 4 nitrogen and oxygen atoms in total. The molecule has 0 amide bonds. The van der Waals surface area contributed by atoms with E-state index >= 15 is 0 Å². The van der Waals surface area contributed by atoms with Crippen molar-refractivity contribution >= 4 is 5.97 Å². The molecule has 0 unspecified atom stereocenters. The summed E-state index contributed by atoms with van der Waals surface area (Å²) in [5, 5.41) is 8.82. The number of hydrogen-bond donors (Lipinski definition) is 2. The van der Waals surface area contributed by atoms with E-state index in [0.717, 1.165) is 31.4 Å². The molecule has 1 fully saturated rings. The van der Waals surface area contributed by atoms with Crippen molar-refractivity contribution in [2.24, 2.45) is 5.41 Å². The van der Waals surface area contributed by atoms with Crippen LogP contribution in [0.25, 0.3) is 0 Å². The summed E-state index contributed by atoms with van der Waals surface area (Å²) in [6.07, 6.45) is 4.38. The van der Waals surface area contributed by atoms with Crippen LogP contribution in [-0.4, -0.2) is 16.1 Å². The highest BCUT2D eigenvalue weighted by Gasteiger charge is 2.28. The Balaban J connectivity index is 2.18. The average Bonchev–Trinajstić information content (AvgIpc) is 2.28. The van der Waals surface area contributed by atoms with Crippen molar-refractivity contribution in [1.82, 2.24) is 4.98 Å². The van der Waals surface area contributed by atoms with Crippen molar-refractivity contribution in [3.63, 3.8) is 0 Å². The smallest absolute Gasteiger partial charge is 0.341 e. The van der Waals surface area contributed by atoms with Gasteiger partial charge in [0, 0.05) is 5.69 Å². The van der Waals surface area contributed by atoms with E-state index in [9.17, 15) is 9.59 Å². The number of H-pyrrole nitrogens is 1. The molecule has 0 atom stereocenters. The zero-order valence-electron chi connectivity index (χ0n) is 10.8. The number of pyridine rings is 1. The van der Waals surface area contributed by atoms with Gasteiger partial charge in [0.15, 0.2) is 0 Å². The molecule has 1 aliphatic carbocycles. The summed E-state index contributed by atoms with van der Waals surface area (Å²) >= 11 is 0. The fraction of sp³-hybridized carbons (Fsp3) is 0.571. The Hall–Kier alpha value is -1.58. The van der Waals surface area contributed by atoms with Gasteiger partial charge < -0.3 is 10.1 Å². The Bertz CT molecular complexity index is 506. The van der Waals surface area contributed by atoms with Crippen LogP contribution in [0.2, 0.25) is 0 Å². The molecule has 18 heavy (non-hydrogen) atoms. The molecule has 1 heterocycles. The monoisotopic (exact) mass is 249 g/mol. The van der Waals surface area contributed by atoms with Crippen molar-refractivity contribution in [1.29, 1.82) is 0 Å². The minimum absolute atomic E-state index is 0.185. The minimum Gasteiger partial charge on any atom is -0.477 e. The van der Waals surface area contributed by atoms with Gasteiger partial charge in [0.1, 0.15) is 5.56 Å². The maximum atomic E-state index is 11.6. The van der Waals surface area contributed by atoms with Gasteiger partial charge in [0.05, 0.1) is 0 Å². The molecule has 0 aromatic carbocycles. The third-order valence-corrected chi connectivity index (χ3v) is 3.94. The van der Waals surface area contributed by atoms with Gasteiger partial charge in [0.2, 0.25) is 0 Å². The number of aromatic nitrogens is 1. The summed E-state index contributed by atoms with van der Waals surface area (Å²) in [6, 6.07) is 3.16. The first-order chi connectivity index (χ1) is 8.39. The largest absolute Gasteiger partial charge is 0.477 e. The second-order valence-electron chi connectivity index (χ2n) is 5.90. The van der Waals surface area contributed by atoms with Gasteiger partial charge in [-0.1, -0.05) is 13.8 Å². The number of aromatic carboxylic acids is 1. The van der Waals surface area contributed by atoms with Crippen molar-refractivity contribution in [3.8, 4) is 0 Å². The van der Waals surface area contributed by atoms with E-state index in [4.69, 9.17) is 5.11 Å². The first-order valence-electron chi connectivity index (χ1n) is 6.35. The predicted octanol–water partition coefficient (Wildman–Crippen LogP) is 2.76. The molecule has 2 rings (SSSR count). The van der Waals surface area contributed by atoms with E-state index in [1.807, 2.05) is 0 Å². The number of aromatic amines is 1. The van der Waals surface area contributed by atoms with Gasteiger partial charge in [-0.15, -0.1) is 0 Å². The van der Waals surface area contributed by atoms with E-state index in [-0.39, 0.29) is 5.56 Å². The SMILES string of the molecule is CC1(C)CCC(c2ccc(C(=O)O)c(=O)[nH]2)CC1. The van der Waals surface area contributed by atoms with Crippen molar-refractivity contribution in [2.75, 3.05) is 0 Å². The minimum atomic E-state index is -1.17. The lowest BCUT2D eigenvalue weighted by Crippen LogP contribution is -2.24. The molecular weight excluding hydrogens is 230 g/mol. The molecule has 1 aliphatic rings. The van der Waals surface area contributed by atoms with Crippen LogP contribution in [-0.2, 0) is 0 Å². The number of hydrogen-bond acceptors (Lipinski definition) is 2. The maximum absolute atomic E-state index is 11.6. The summed E-state index contributed by atoms with van der Waals surface area (Å²) in [5.74, 6) is -0.818. The molecule has 4 heteroatoms. The number of carboxylic acids is 1. The van der Waals surface area contributed by atoms with Gasteiger partial charge in [0.25, 0.3) is 5.56 Å². The number of rotatable bonds is 2. The zero-order chi connectivity index (χ0) is 13.3. The van der Waals surface area contributed by atoms with Crippen LogP contribution < -0.4 is 5.56 Å². The highest BCUT2D eigenvalue weighted by molar-refractivity contribution is 5.87. The zero-order valence-corrected chi connectivity index (χ0v) is 10.8. The topological polar surface area (TPSA) is 70.2 Å². The van der Waals surface area contributed by atoms with Gasteiger partial charge >= 0.3 is 5.97 Å². The molecule has 98 valence electrons. The molecule has 2 N–H and O–H groups in total. The van der Waals surface area contributed by atoms with Gasteiger partial charge in [-0.2, -0.15) is 0 Å². The lowest BCUT2D eigenvalue weighted by atomic mass is 9.72. The molecule has 0 aliphatic heterocycles. The fourth-order valence-electron chi connectivity index (χ4n) is 2.61. The highest BCUT2D eigenvalue weighted by atomic mass is 16.4. The van der Waals surface area contributed by atoms with Crippen LogP contribution in [0, 0.1) is 5.41 Å². The molecule has 0 saturated heterocycles. The molecule has 0 bridgehead atoms. The second kappa shape index (κ2) is 4.59. The molecule has 1 saturated carbocycles. The summed E-state index contributed by atoms with van der Waals surface area (Å²) in [4.78, 5) is 25.1. The Morgan fingerprint density at radius 3 is 2.44 bits per heavy atom. The van der Waals surface area contributed by atoms with Gasteiger partial charge in [-0.25, -0.2) is 4.79 Å². The molecule has 0 spiro atoms. The third kappa shape index (κ3) is 2.63. The lowest BCUT2D eigenvalue weighted by molar-refractivity contribution is 0.0695. The van der Waals surface area contributed by atoms with Crippen LogP contribution in [0.4, 0.5) is 0 Å². The fourth-order valence-corrected chi connectivity index (χ4v) is 2.61. The van der Waals surface area contributed by atoms with Crippen molar-refractivity contribution in [2.45, 2.75) is 45.4 Å². The Labute approximate surface area is 106 Å². The number of carboxylic acid groups (broad SMARTS) is 1. The normalized spacial score (nSPS) is 19.7. The molecule has 0 radical (unpaired) electrons. The Morgan fingerprint density at radius 1 is 1.33 bits per heavy atom. The third-order valence-electron chi connectivity index (χ3n) is 3.94. The molecule has 1 aromatic rings. The van der Waals surface area contributed by atoms with Crippen LogP contribution >= 0.6 is 0 Å². The van der Waals surface area contributed by atoms with Gasteiger partial charge in [-0.3, -0.25) is 4.79 Å². The van der Waals surface area contributed by atoms with Crippen LogP contribution in [0.5, 0.6) is 0 Å². The van der Waals surface area contributed by atoms with Crippen LogP contribution in [0.1, 0.15) is 61.5 Å². The first kappa shape index (κ1) is 12.9. The van der Waals surface area contributed by atoms with E-state index in [2.05, 4.69) is 18.8 Å². The average molecular weight is 249 g/mol. The summed E-state index contributed by atoms with van der Waals surface area (Å²) < 4.78 is 0. The summed E-state index contributed by atoms with van der Waals surface area (Å²) in [6.45, 7) is 4.53. The van der Waals surface area contributed by atoms with Crippen LogP contribution in [0.15, 0.2) is 16.9 Å². The quantitative estimate of drug-likeness (QED) is 0.846. The van der Waals surface area contributed by atoms with E-state index in [1.165, 1.54) is 6.07 Å². The summed E-state index contributed by atoms with van der Waals surface area (Å²) in [7, 11) is 0. The first-order valence-corrected chi connectivity index (χ1v) is 6.35. The van der Waals surface area contributed by atoms with Crippen molar-refractivity contribution < 1.29 is 9.90 Å². The molecule has 1 aromatic heterocycles. The number of nitrogens with one attached hydrogen (secondary N) is 1. The predicted molar refractivity (Wildman–Crippen MR) is 69.0 cm³/mol. The molecular formula is C14H19NO3. The van der Waals surface area contributed by atoms with E-state index in [1.54, 1.807) is 6.07 Å². The maximum Gasteiger partial charge on any atom is 0.341 e. The van der Waals surface area contributed by atoms with Crippen molar-refractivity contribution in [3.05, 3.63) is 33.7 Å². The standard InChI is InChI=1S/C14H19NO3/c1-14(2)7-5-9(6-8-14)11-4-3-10(13(17)18)12(16)15-11/h3-4,9H,5-8H2,1-2H3,(H,15,16)(H,17,18). The second-order valence-corrected chi connectivity index (χ2v) is 5.90. The van der Waals surface area contributed by atoms with Crippen LogP contribution in [0.3, 0.4) is 0 Å². The number of carbonyl (C=O) groups is 1. The Morgan fingerprint density at radius 2 is 1.94 bits per heavy atom. The lowest BCUT2D eigenvalue weighted by Gasteiger charge is -2.34. The van der Waals surface area contributed by atoms with Gasteiger partial charge in [-0.05, 0) is 49.1 Å². The summed E-state index contributed by atoms with van der Waals surface area (Å²) in [5.41, 5.74) is 0.581. The highest BCUT2D eigenvalue weighted by Crippen LogP contribution is 2.41. The van der Waals surface area contributed by atoms with E-state index < -0.39 is 11.5 Å². The Kier molecular flexibility index (Phi) is 3.28.